The number of amides is 1. The summed E-state index contributed by atoms with van der Waals surface area (Å²) in [6.45, 7) is 1.96. The van der Waals surface area contributed by atoms with E-state index in [0.717, 1.165) is 25.9 Å². The van der Waals surface area contributed by atoms with Gasteiger partial charge in [-0.3, -0.25) is 14.9 Å². The van der Waals surface area contributed by atoms with Gasteiger partial charge in [0.2, 0.25) is 5.91 Å². The zero-order valence-corrected chi connectivity index (χ0v) is 14.2. The summed E-state index contributed by atoms with van der Waals surface area (Å²) in [5.41, 5.74) is 6.57. The van der Waals surface area contributed by atoms with Gasteiger partial charge >= 0.3 is 0 Å². The van der Waals surface area contributed by atoms with Gasteiger partial charge in [0, 0.05) is 38.2 Å². The number of anilines is 1. The van der Waals surface area contributed by atoms with Crippen LogP contribution in [0.15, 0.2) is 24.3 Å². The van der Waals surface area contributed by atoms with Crippen LogP contribution < -0.4 is 11.1 Å². The van der Waals surface area contributed by atoms with E-state index in [0.29, 0.717) is 30.5 Å². The van der Waals surface area contributed by atoms with E-state index in [1.807, 2.05) is 4.90 Å². The Kier molecular flexibility index (Phi) is 6.01. The third-order valence-electron chi connectivity index (χ3n) is 5.02. The SMILES string of the molecule is Cl.NC1CCC2CN(C(=O)CCNc3ccccc3[N+](=O)[O-])CC12. The number of nitrogens with one attached hydrogen (secondary N) is 1. The number of hydrogen-bond acceptors (Lipinski definition) is 5. The first kappa shape index (κ1) is 18.5. The fourth-order valence-corrected chi connectivity index (χ4v) is 3.76. The van der Waals surface area contributed by atoms with E-state index >= 15 is 0 Å². The van der Waals surface area contributed by atoms with E-state index in [1.54, 1.807) is 18.2 Å². The number of rotatable bonds is 5. The lowest BCUT2D eigenvalue weighted by Gasteiger charge is -2.19. The van der Waals surface area contributed by atoms with E-state index in [1.165, 1.54) is 6.07 Å². The number of nitrogens with two attached hydrogens (primary N) is 1. The molecule has 1 amide bonds. The van der Waals surface area contributed by atoms with Crippen LogP contribution in [0.3, 0.4) is 0 Å². The quantitative estimate of drug-likeness (QED) is 0.622. The molecule has 1 saturated carbocycles. The van der Waals surface area contributed by atoms with E-state index in [-0.39, 0.29) is 30.0 Å². The van der Waals surface area contributed by atoms with E-state index < -0.39 is 4.92 Å². The molecule has 1 aromatic rings. The van der Waals surface area contributed by atoms with Gasteiger partial charge in [0.1, 0.15) is 5.69 Å². The number of carbonyl (C=O) groups is 1. The predicted molar refractivity (Wildman–Crippen MR) is 94.2 cm³/mol. The van der Waals surface area contributed by atoms with E-state index in [9.17, 15) is 14.9 Å². The number of likely N-dealkylation sites (tertiary alicyclic amines) is 1. The summed E-state index contributed by atoms with van der Waals surface area (Å²) < 4.78 is 0. The lowest BCUT2D eigenvalue weighted by Crippen LogP contribution is -2.34. The van der Waals surface area contributed by atoms with Crippen molar-refractivity contribution in [3.63, 3.8) is 0 Å². The molecule has 0 radical (unpaired) electrons. The van der Waals surface area contributed by atoms with Crippen molar-refractivity contribution in [2.45, 2.75) is 25.3 Å². The summed E-state index contributed by atoms with van der Waals surface area (Å²) in [5.74, 6) is 1.09. The van der Waals surface area contributed by atoms with Crippen LogP contribution in [0.4, 0.5) is 11.4 Å². The number of carbonyl (C=O) groups excluding carboxylic acids is 1. The Balaban J connectivity index is 0.00000208. The van der Waals surface area contributed by atoms with Crippen molar-refractivity contribution in [1.29, 1.82) is 0 Å². The van der Waals surface area contributed by atoms with E-state index in [4.69, 9.17) is 5.73 Å². The van der Waals surface area contributed by atoms with Gasteiger partial charge < -0.3 is 16.0 Å². The molecule has 7 nitrogen and oxygen atoms in total. The lowest BCUT2D eigenvalue weighted by molar-refractivity contribution is -0.384. The number of halogens is 1. The summed E-state index contributed by atoms with van der Waals surface area (Å²) in [4.78, 5) is 24.7. The lowest BCUT2D eigenvalue weighted by atomic mass is 9.98. The number of hydrogen-bond donors (Lipinski definition) is 2. The minimum Gasteiger partial charge on any atom is -0.379 e. The topological polar surface area (TPSA) is 102 Å². The van der Waals surface area contributed by atoms with Gasteiger partial charge in [0.25, 0.3) is 5.69 Å². The van der Waals surface area contributed by atoms with Gasteiger partial charge in [-0.05, 0) is 30.7 Å². The van der Waals surface area contributed by atoms with Gasteiger partial charge in [-0.25, -0.2) is 0 Å². The molecule has 3 unspecified atom stereocenters. The van der Waals surface area contributed by atoms with Crippen molar-refractivity contribution in [3.8, 4) is 0 Å². The van der Waals surface area contributed by atoms with Crippen LogP contribution in [0, 0.1) is 22.0 Å². The number of nitro benzene ring substituents is 1. The maximum atomic E-state index is 12.3. The van der Waals surface area contributed by atoms with Gasteiger partial charge in [-0.2, -0.15) is 0 Å². The monoisotopic (exact) mass is 354 g/mol. The van der Waals surface area contributed by atoms with Crippen molar-refractivity contribution in [1.82, 2.24) is 4.90 Å². The summed E-state index contributed by atoms with van der Waals surface area (Å²) in [5, 5.41) is 13.9. The first-order chi connectivity index (χ1) is 11.1. The highest BCUT2D eigenvalue weighted by Crippen LogP contribution is 2.37. The molecule has 3 N–H and O–H groups in total. The largest absolute Gasteiger partial charge is 0.379 e. The van der Waals surface area contributed by atoms with Crippen LogP contribution in [-0.2, 0) is 4.79 Å². The predicted octanol–water partition coefficient (Wildman–Crippen LogP) is 2.01. The molecular weight excluding hydrogens is 332 g/mol. The summed E-state index contributed by atoms with van der Waals surface area (Å²) in [7, 11) is 0. The molecule has 1 aromatic carbocycles. The maximum Gasteiger partial charge on any atom is 0.292 e. The highest BCUT2D eigenvalue weighted by atomic mass is 35.5. The molecule has 1 heterocycles. The number of nitro groups is 1. The number of nitrogens with zero attached hydrogens (tertiary/aromatic N) is 2. The van der Waals surface area contributed by atoms with E-state index in [2.05, 4.69) is 5.32 Å². The van der Waals surface area contributed by atoms with Gasteiger partial charge in [-0.1, -0.05) is 12.1 Å². The van der Waals surface area contributed by atoms with Gasteiger partial charge in [-0.15, -0.1) is 12.4 Å². The first-order valence-electron chi connectivity index (χ1n) is 8.07. The molecule has 132 valence electrons. The van der Waals surface area contributed by atoms with Crippen LogP contribution in [0.1, 0.15) is 19.3 Å². The fraction of sp³-hybridized carbons (Fsp3) is 0.562. The Labute approximate surface area is 147 Å². The zero-order chi connectivity index (χ0) is 16.4. The van der Waals surface area contributed by atoms with Gasteiger partial charge in [0.15, 0.2) is 0 Å². The second-order valence-corrected chi connectivity index (χ2v) is 6.41. The third kappa shape index (κ3) is 3.79. The molecule has 2 fully saturated rings. The Hall–Kier alpha value is -1.86. The van der Waals surface area contributed by atoms with Crippen LogP contribution in [0.25, 0.3) is 0 Å². The first-order valence-corrected chi connectivity index (χ1v) is 8.07. The third-order valence-corrected chi connectivity index (χ3v) is 5.02. The Morgan fingerprint density at radius 2 is 2.08 bits per heavy atom. The normalized spacial score (nSPS) is 25.0. The minimum absolute atomic E-state index is 0. The zero-order valence-electron chi connectivity index (χ0n) is 13.4. The minimum atomic E-state index is -0.423. The maximum absolute atomic E-state index is 12.3. The second-order valence-electron chi connectivity index (χ2n) is 6.41. The molecule has 2 aliphatic rings. The second kappa shape index (κ2) is 7.81. The Bertz CT molecular complexity index is 613. The number of benzene rings is 1. The molecule has 0 aromatic heterocycles. The van der Waals surface area contributed by atoms with Crippen molar-refractivity contribution >= 4 is 29.7 Å². The van der Waals surface area contributed by atoms with Crippen LogP contribution >= 0.6 is 12.4 Å². The van der Waals surface area contributed by atoms with Crippen molar-refractivity contribution in [2.75, 3.05) is 25.0 Å². The van der Waals surface area contributed by atoms with Crippen molar-refractivity contribution in [2.24, 2.45) is 17.6 Å². The molecule has 1 aliphatic carbocycles. The van der Waals surface area contributed by atoms with Crippen LogP contribution in [0.5, 0.6) is 0 Å². The molecular formula is C16H23ClN4O3. The van der Waals surface area contributed by atoms with Crippen LogP contribution in [-0.4, -0.2) is 41.4 Å². The molecule has 1 aliphatic heterocycles. The molecule has 1 saturated heterocycles. The molecule has 0 bridgehead atoms. The molecule has 3 atom stereocenters. The number of fused-ring (bicyclic) bond motifs is 1. The summed E-state index contributed by atoms with van der Waals surface area (Å²) >= 11 is 0. The Morgan fingerprint density at radius 3 is 2.79 bits per heavy atom. The van der Waals surface area contributed by atoms with Crippen LogP contribution in [0.2, 0.25) is 0 Å². The molecule has 8 heteroatoms. The standard InChI is InChI=1S/C16H22N4O3.ClH/c17-13-6-5-11-9-19(10-12(11)13)16(21)7-8-18-14-3-1-2-4-15(14)20(22)23;/h1-4,11-13,18H,5-10,17H2;1H. The van der Waals surface area contributed by atoms with Crippen molar-refractivity contribution < 1.29 is 9.72 Å². The number of para-hydroxylation sites is 2. The average molecular weight is 355 g/mol. The highest BCUT2D eigenvalue weighted by Gasteiger charge is 2.42. The smallest absolute Gasteiger partial charge is 0.292 e. The Morgan fingerprint density at radius 1 is 1.33 bits per heavy atom. The summed E-state index contributed by atoms with van der Waals surface area (Å²) in [6.07, 6.45) is 2.52. The average Bonchev–Trinajstić information content (AvgIpc) is 3.10. The molecule has 24 heavy (non-hydrogen) atoms. The van der Waals surface area contributed by atoms with Gasteiger partial charge in [0.05, 0.1) is 4.92 Å². The molecule has 3 rings (SSSR count). The van der Waals surface area contributed by atoms with Crippen molar-refractivity contribution in [3.05, 3.63) is 34.4 Å². The highest BCUT2D eigenvalue weighted by molar-refractivity contribution is 5.85. The summed E-state index contributed by atoms with van der Waals surface area (Å²) in [6, 6.07) is 6.69. The molecule has 0 spiro atoms. The fourth-order valence-electron chi connectivity index (χ4n) is 3.76.